The van der Waals surface area contributed by atoms with E-state index in [9.17, 15) is 22.8 Å². The molecule has 1 saturated heterocycles. The van der Waals surface area contributed by atoms with Crippen molar-refractivity contribution in [1.29, 1.82) is 0 Å². The van der Waals surface area contributed by atoms with Gasteiger partial charge in [0.05, 0.1) is 0 Å². The second kappa shape index (κ2) is 10.4. The highest BCUT2D eigenvalue weighted by atomic mass is 19.4. The van der Waals surface area contributed by atoms with E-state index in [0.29, 0.717) is 35.7 Å². The van der Waals surface area contributed by atoms with Gasteiger partial charge in [0.15, 0.2) is 0 Å². The fourth-order valence-corrected chi connectivity index (χ4v) is 4.31. The number of nitrogens with one attached hydrogen (secondary N) is 1. The minimum Gasteiger partial charge on any atom is -0.425 e. The molecule has 1 aromatic heterocycles. The van der Waals surface area contributed by atoms with Gasteiger partial charge in [0.1, 0.15) is 18.2 Å². The minimum absolute atomic E-state index is 0.0855. The van der Waals surface area contributed by atoms with Gasteiger partial charge < -0.3 is 19.4 Å². The molecule has 2 aromatic carbocycles. The van der Waals surface area contributed by atoms with Crippen LogP contribution in [-0.4, -0.2) is 45.9 Å². The molecule has 36 heavy (non-hydrogen) atoms. The van der Waals surface area contributed by atoms with Crippen molar-refractivity contribution in [2.24, 2.45) is 0 Å². The molecule has 1 fully saturated rings. The summed E-state index contributed by atoms with van der Waals surface area (Å²) in [5, 5.41) is 10.4. The van der Waals surface area contributed by atoms with Crippen LogP contribution in [0.25, 0.3) is 11.1 Å². The summed E-state index contributed by atoms with van der Waals surface area (Å²) in [4.78, 5) is 27.5. The number of para-hydroxylation sites is 1. The number of aromatic nitrogens is 2. The van der Waals surface area contributed by atoms with Gasteiger partial charge >= 0.3 is 6.36 Å². The number of aryl methyl sites for hydroxylation is 2. The second-order valence-electron chi connectivity index (χ2n) is 8.55. The molecule has 8 nitrogen and oxygen atoms in total. The van der Waals surface area contributed by atoms with Crippen molar-refractivity contribution < 1.29 is 31.9 Å². The van der Waals surface area contributed by atoms with Crippen molar-refractivity contribution in [3.8, 4) is 16.9 Å². The third-order valence-electron chi connectivity index (χ3n) is 5.89. The molecule has 1 N–H and O–H groups in total. The van der Waals surface area contributed by atoms with Crippen LogP contribution in [0.15, 0.2) is 46.9 Å². The fourth-order valence-electron chi connectivity index (χ4n) is 4.31. The van der Waals surface area contributed by atoms with Crippen molar-refractivity contribution in [1.82, 2.24) is 15.1 Å². The number of benzene rings is 2. The molecule has 2 heterocycles. The standard InChI is InChI=1S/C25H25F3N4O4/c1-15-13-17(10-11-18(15)19-7-3-4-9-21(19)36-25(26,27)28)29-24(34)20-8-5-6-12-32(20)23(33)14-22-31-30-16(2)35-22/h3-4,7,9-11,13,20H,5-6,8,12,14H2,1-2H3,(H,29,34). The van der Waals surface area contributed by atoms with Crippen molar-refractivity contribution in [2.45, 2.75) is 51.9 Å². The van der Waals surface area contributed by atoms with Gasteiger partial charge in [-0.05, 0) is 55.5 Å². The summed E-state index contributed by atoms with van der Waals surface area (Å²) >= 11 is 0. The highest BCUT2D eigenvalue weighted by molar-refractivity contribution is 5.97. The zero-order valence-corrected chi connectivity index (χ0v) is 19.8. The van der Waals surface area contributed by atoms with Gasteiger partial charge in [-0.25, -0.2) is 0 Å². The van der Waals surface area contributed by atoms with Gasteiger partial charge in [0.25, 0.3) is 0 Å². The lowest BCUT2D eigenvalue weighted by molar-refractivity contribution is -0.274. The van der Waals surface area contributed by atoms with Crippen molar-refractivity contribution in [3.05, 3.63) is 59.8 Å². The number of alkyl halides is 3. The summed E-state index contributed by atoms with van der Waals surface area (Å²) < 4.78 is 47.9. The highest BCUT2D eigenvalue weighted by Gasteiger charge is 2.34. The maximum atomic E-state index is 13.1. The Kier molecular flexibility index (Phi) is 7.27. The Labute approximate surface area is 205 Å². The summed E-state index contributed by atoms with van der Waals surface area (Å²) in [6.45, 7) is 3.81. The van der Waals surface area contributed by atoms with Crippen LogP contribution < -0.4 is 10.1 Å². The Bertz CT molecular complexity index is 1260. The molecule has 4 rings (SSSR count). The van der Waals surface area contributed by atoms with Crippen LogP contribution in [0.1, 0.15) is 36.6 Å². The summed E-state index contributed by atoms with van der Waals surface area (Å²) in [7, 11) is 0. The SMILES string of the molecule is Cc1nnc(CC(=O)N2CCCCC2C(=O)Nc2ccc(-c3ccccc3OC(F)(F)F)c(C)c2)o1. The predicted octanol–water partition coefficient (Wildman–Crippen LogP) is 4.81. The van der Waals surface area contributed by atoms with E-state index < -0.39 is 12.4 Å². The maximum absolute atomic E-state index is 13.1. The molecule has 0 saturated carbocycles. The molecule has 1 atom stereocenters. The average molecular weight is 502 g/mol. The molecule has 0 spiro atoms. The zero-order chi connectivity index (χ0) is 25.9. The number of amides is 2. The van der Waals surface area contributed by atoms with Gasteiger partial charge in [0, 0.05) is 24.7 Å². The lowest BCUT2D eigenvalue weighted by Gasteiger charge is -2.34. The van der Waals surface area contributed by atoms with Crippen LogP contribution >= 0.6 is 0 Å². The minimum atomic E-state index is -4.82. The molecule has 2 amide bonds. The first-order chi connectivity index (χ1) is 17.1. The number of nitrogens with zero attached hydrogens (tertiary/aromatic N) is 3. The summed E-state index contributed by atoms with van der Waals surface area (Å²) in [5.74, 6) is -0.359. The number of rotatable bonds is 6. The number of piperidine rings is 1. The number of anilines is 1. The lowest BCUT2D eigenvalue weighted by atomic mass is 9.98. The molecule has 3 aromatic rings. The third kappa shape index (κ3) is 6.02. The van der Waals surface area contributed by atoms with Crippen molar-refractivity contribution in [3.63, 3.8) is 0 Å². The topological polar surface area (TPSA) is 97.6 Å². The Morgan fingerprint density at radius 1 is 1.11 bits per heavy atom. The van der Waals surface area contributed by atoms with Crippen LogP contribution in [0, 0.1) is 13.8 Å². The van der Waals surface area contributed by atoms with Gasteiger partial charge in [-0.15, -0.1) is 23.4 Å². The van der Waals surface area contributed by atoms with Crippen LogP contribution in [0.2, 0.25) is 0 Å². The highest BCUT2D eigenvalue weighted by Crippen LogP contribution is 2.36. The van der Waals surface area contributed by atoms with Crippen molar-refractivity contribution >= 4 is 17.5 Å². The third-order valence-corrected chi connectivity index (χ3v) is 5.89. The number of ether oxygens (including phenoxy) is 1. The van der Waals surface area contributed by atoms with Crippen LogP contribution in [0.4, 0.5) is 18.9 Å². The first-order valence-corrected chi connectivity index (χ1v) is 11.5. The van der Waals surface area contributed by atoms with Gasteiger partial charge in [-0.2, -0.15) is 0 Å². The normalized spacial score (nSPS) is 16.0. The van der Waals surface area contributed by atoms with E-state index in [-0.39, 0.29) is 35.4 Å². The quantitative estimate of drug-likeness (QED) is 0.519. The Morgan fingerprint density at radius 3 is 2.58 bits per heavy atom. The van der Waals surface area contributed by atoms with E-state index in [1.807, 2.05) is 0 Å². The van der Waals surface area contributed by atoms with E-state index in [4.69, 9.17) is 4.42 Å². The van der Waals surface area contributed by atoms with Gasteiger partial charge in [-0.1, -0.05) is 24.3 Å². The molecule has 11 heteroatoms. The number of likely N-dealkylation sites (tertiary alicyclic amines) is 1. The molecule has 1 unspecified atom stereocenters. The maximum Gasteiger partial charge on any atom is 0.573 e. The number of hydrogen-bond acceptors (Lipinski definition) is 6. The number of carbonyl (C=O) groups excluding carboxylic acids is 2. The fraction of sp³-hybridized carbons (Fsp3) is 0.360. The number of carbonyl (C=O) groups is 2. The average Bonchev–Trinajstić information content (AvgIpc) is 3.23. The monoisotopic (exact) mass is 502 g/mol. The van der Waals surface area contributed by atoms with E-state index in [1.54, 1.807) is 38.1 Å². The Balaban J connectivity index is 1.49. The van der Waals surface area contributed by atoms with E-state index in [1.165, 1.54) is 23.1 Å². The van der Waals surface area contributed by atoms with Crippen LogP contribution in [0.3, 0.4) is 0 Å². The largest absolute Gasteiger partial charge is 0.573 e. The number of halogens is 3. The molecular weight excluding hydrogens is 477 g/mol. The smallest absolute Gasteiger partial charge is 0.425 e. The van der Waals surface area contributed by atoms with Crippen LogP contribution in [0.5, 0.6) is 5.75 Å². The number of hydrogen-bond donors (Lipinski definition) is 1. The van der Waals surface area contributed by atoms with Gasteiger partial charge in [0.2, 0.25) is 23.6 Å². The summed E-state index contributed by atoms with van der Waals surface area (Å²) in [5.41, 5.74) is 1.94. The molecule has 0 bridgehead atoms. The lowest BCUT2D eigenvalue weighted by Crippen LogP contribution is -2.50. The first-order valence-electron chi connectivity index (χ1n) is 11.5. The Morgan fingerprint density at radius 2 is 1.89 bits per heavy atom. The van der Waals surface area contributed by atoms with Crippen LogP contribution in [-0.2, 0) is 16.0 Å². The van der Waals surface area contributed by atoms with E-state index >= 15 is 0 Å². The molecule has 0 aliphatic carbocycles. The zero-order valence-electron chi connectivity index (χ0n) is 19.8. The first kappa shape index (κ1) is 25.2. The predicted molar refractivity (Wildman–Crippen MR) is 124 cm³/mol. The van der Waals surface area contributed by atoms with Gasteiger partial charge in [-0.3, -0.25) is 9.59 Å². The van der Waals surface area contributed by atoms with E-state index in [0.717, 1.165) is 12.8 Å². The van der Waals surface area contributed by atoms with Crippen molar-refractivity contribution in [2.75, 3.05) is 11.9 Å². The molecule has 0 radical (unpaired) electrons. The van der Waals surface area contributed by atoms with E-state index in [2.05, 4.69) is 20.3 Å². The summed E-state index contributed by atoms with van der Waals surface area (Å²) in [6, 6.07) is 10.1. The summed E-state index contributed by atoms with van der Waals surface area (Å²) in [6.07, 6.45) is -2.80. The molecule has 190 valence electrons. The Hall–Kier alpha value is -3.89. The second-order valence-corrected chi connectivity index (χ2v) is 8.55. The molecular formula is C25H25F3N4O4. The molecule has 1 aliphatic heterocycles. The molecule has 1 aliphatic rings.